The molecule has 0 saturated carbocycles. The van der Waals surface area contributed by atoms with Crippen molar-refractivity contribution in [3.63, 3.8) is 0 Å². The van der Waals surface area contributed by atoms with Gasteiger partial charge in [-0.3, -0.25) is 0 Å². The van der Waals surface area contributed by atoms with Crippen molar-refractivity contribution in [2.75, 3.05) is 12.8 Å². The maximum atomic E-state index is 12.5. The Kier molecular flexibility index (Phi) is 3.54. The molecule has 0 aliphatic rings. The van der Waals surface area contributed by atoms with Gasteiger partial charge >= 0.3 is 0 Å². The van der Waals surface area contributed by atoms with E-state index in [1.165, 1.54) is 0 Å². The van der Waals surface area contributed by atoms with Crippen LogP contribution in [0.25, 0.3) is 0 Å². The van der Waals surface area contributed by atoms with Gasteiger partial charge in [0.1, 0.15) is 5.69 Å². The number of rotatable bonds is 3. The van der Waals surface area contributed by atoms with Crippen molar-refractivity contribution >= 4 is 25.4 Å². The van der Waals surface area contributed by atoms with Gasteiger partial charge in [-0.25, -0.2) is 22.2 Å². The van der Waals surface area contributed by atoms with Crippen molar-refractivity contribution in [2.24, 2.45) is 0 Å². The molecular formula is C7H7ClF2N2O3S. The van der Waals surface area contributed by atoms with Gasteiger partial charge in [0.2, 0.25) is 0 Å². The predicted octanol–water partition coefficient (Wildman–Crippen LogP) is 1.54. The van der Waals surface area contributed by atoms with Gasteiger partial charge in [-0.15, -0.1) is 0 Å². The average Bonchev–Trinajstić information content (AvgIpc) is 2.14. The Balaban J connectivity index is 3.53. The van der Waals surface area contributed by atoms with E-state index in [4.69, 9.17) is 16.4 Å². The molecule has 0 fully saturated rings. The SMILES string of the molecule is COc1c(C(F)F)cnc(S(=O)(=O)Cl)c1N. The molecule has 90 valence electrons. The molecule has 1 heterocycles. The van der Waals surface area contributed by atoms with Crippen LogP contribution in [0.4, 0.5) is 14.5 Å². The number of alkyl halides is 2. The molecule has 0 radical (unpaired) electrons. The maximum absolute atomic E-state index is 12.5. The van der Waals surface area contributed by atoms with E-state index in [9.17, 15) is 17.2 Å². The number of nitrogen functional groups attached to an aromatic ring is 1. The molecule has 5 nitrogen and oxygen atoms in total. The molecule has 1 rings (SSSR count). The highest BCUT2D eigenvalue weighted by atomic mass is 35.7. The molecule has 0 unspecified atom stereocenters. The van der Waals surface area contributed by atoms with Crippen LogP contribution >= 0.6 is 10.7 Å². The largest absolute Gasteiger partial charge is 0.494 e. The quantitative estimate of drug-likeness (QED) is 0.844. The summed E-state index contributed by atoms with van der Waals surface area (Å²) >= 11 is 0. The second kappa shape index (κ2) is 4.38. The number of nitrogens with two attached hydrogens (primary N) is 1. The van der Waals surface area contributed by atoms with Gasteiger partial charge < -0.3 is 10.5 Å². The van der Waals surface area contributed by atoms with Gasteiger partial charge in [0.05, 0.1) is 12.7 Å². The second-order valence-electron chi connectivity index (χ2n) is 2.70. The minimum atomic E-state index is -4.20. The van der Waals surface area contributed by atoms with Crippen LogP contribution in [-0.4, -0.2) is 20.5 Å². The summed E-state index contributed by atoms with van der Waals surface area (Å²) in [6.45, 7) is 0. The lowest BCUT2D eigenvalue weighted by atomic mass is 10.2. The first-order chi connectivity index (χ1) is 7.29. The van der Waals surface area contributed by atoms with Crippen molar-refractivity contribution in [2.45, 2.75) is 11.5 Å². The molecule has 0 bridgehead atoms. The van der Waals surface area contributed by atoms with E-state index < -0.39 is 37.5 Å². The highest BCUT2D eigenvalue weighted by Gasteiger charge is 2.25. The number of anilines is 1. The molecule has 0 aliphatic carbocycles. The van der Waals surface area contributed by atoms with Crippen molar-refractivity contribution < 1.29 is 21.9 Å². The Hall–Kier alpha value is -1.15. The number of pyridine rings is 1. The van der Waals surface area contributed by atoms with Gasteiger partial charge in [0.25, 0.3) is 15.5 Å². The van der Waals surface area contributed by atoms with Crippen molar-refractivity contribution in [3.05, 3.63) is 11.8 Å². The summed E-state index contributed by atoms with van der Waals surface area (Å²) in [6, 6.07) is 0. The smallest absolute Gasteiger partial charge is 0.280 e. The Labute approximate surface area is 94.6 Å². The Morgan fingerprint density at radius 3 is 2.50 bits per heavy atom. The first-order valence-electron chi connectivity index (χ1n) is 3.84. The van der Waals surface area contributed by atoms with Crippen LogP contribution in [0, 0.1) is 0 Å². The lowest BCUT2D eigenvalue weighted by Crippen LogP contribution is -2.06. The maximum Gasteiger partial charge on any atom is 0.280 e. The van der Waals surface area contributed by atoms with Gasteiger partial charge in [0.15, 0.2) is 10.8 Å². The Morgan fingerprint density at radius 1 is 1.56 bits per heavy atom. The standard InChI is InChI=1S/C7H7ClF2N2O3S/c1-15-5-3(6(9)10)2-12-7(4(5)11)16(8,13)14/h2,6H,11H2,1H3. The van der Waals surface area contributed by atoms with Gasteiger partial charge in [0, 0.05) is 16.9 Å². The fourth-order valence-corrected chi connectivity index (χ4v) is 1.99. The zero-order valence-corrected chi connectivity index (χ0v) is 9.52. The van der Waals surface area contributed by atoms with Gasteiger partial charge in [-0.2, -0.15) is 0 Å². The summed E-state index contributed by atoms with van der Waals surface area (Å²) in [6.07, 6.45) is -2.22. The summed E-state index contributed by atoms with van der Waals surface area (Å²) in [5.74, 6) is -0.441. The van der Waals surface area contributed by atoms with Gasteiger partial charge in [-0.05, 0) is 0 Å². The summed E-state index contributed by atoms with van der Waals surface area (Å²) in [5.41, 5.74) is 4.21. The molecule has 0 aliphatic heterocycles. The number of ether oxygens (including phenoxy) is 1. The highest BCUT2D eigenvalue weighted by Crippen LogP contribution is 2.36. The topological polar surface area (TPSA) is 82.3 Å². The normalized spacial score (nSPS) is 11.8. The fourth-order valence-electron chi connectivity index (χ4n) is 1.09. The lowest BCUT2D eigenvalue weighted by Gasteiger charge is -2.11. The molecule has 1 aromatic heterocycles. The minimum absolute atomic E-state index is 0.441. The van der Waals surface area contributed by atoms with Crippen LogP contribution in [0.15, 0.2) is 11.2 Å². The number of nitrogens with zero attached hydrogens (tertiary/aromatic N) is 1. The number of hydrogen-bond acceptors (Lipinski definition) is 5. The van der Waals surface area contributed by atoms with Crippen molar-refractivity contribution in [1.82, 2.24) is 4.98 Å². The number of methoxy groups -OCH3 is 1. The first kappa shape index (κ1) is 12.9. The van der Waals surface area contributed by atoms with Crippen LogP contribution in [0.5, 0.6) is 5.75 Å². The van der Waals surface area contributed by atoms with E-state index in [1.54, 1.807) is 0 Å². The summed E-state index contributed by atoms with van der Waals surface area (Å²) in [7, 11) is 1.90. The zero-order chi connectivity index (χ0) is 12.5. The third-order valence-corrected chi connectivity index (χ3v) is 2.95. The molecule has 16 heavy (non-hydrogen) atoms. The molecule has 0 atom stereocenters. The summed E-state index contributed by atoms with van der Waals surface area (Å²) in [5, 5.41) is -0.699. The monoisotopic (exact) mass is 272 g/mol. The predicted molar refractivity (Wildman–Crippen MR) is 53.2 cm³/mol. The van der Waals surface area contributed by atoms with Crippen LogP contribution in [-0.2, 0) is 9.05 Å². The Bertz CT molecular complexity index is 507. The molecule has 9 heteroatoms. The molecule has 0 amide bonds. The molecule has 0 aromatic carbocycles. The molecule has 0 spiro atoms. The van der Waals surface area contributed by atoms with Crippen LogP contribution < -0.4 is 10.5 Å². The molecular weight excluding hydrogens is 266 g/mol. The lowest BCUT2D eigenvalue weighted by molar-refractivity contribution is 0.146. The highest BCUT2D eigenvalue weighted by molar-refractivity contribution is 8.13. The number of hydrogen-bond donors (Lipinski definition) is 1. The van der Waals surface area contributed by atoms with Crippen LogP contribution in [0.2, 0.25) is 0 Å². The second-order valence-corrected chi connectivity index (χ2v) is 5.19. The third kappa shape index (κ3) is 2.33. The van der Waals surface area contributed by atoms with Crippen LogP contribution in [0.3, 0.4) is 0 Å². The van der Waals surface area contributed by atoms with E-state index >= 15 is 0 Å². The summed E-state index contributed by atoms with van der Waals surface area (Å²) in [4.78, 5) is 3.27. The Morgan fingerprint density at radius 2 is 2.12 bits per heavy atom. The van der Waals surface area contributed by atoms with Crippen LogP contribution in [0.1, 0.15) is 12.0 Å². The minimum Gasteiger partial charge on any atom is -0.494 e. The molecule has 1 aromatic rings. The van der Waals surface area contributed by atoms with Gasteiger partial charge in [-0.1, -0.05) is 0 Å². The molecule has 0 saturated heterocycles. The fraction of sp³-hybridized carbons (Fsp3) is 0.286. The summed E-state index contributed by atoms with van der Waals surface area (Å²) < 4.78 is 51.5. The van der Waals surface area contributed by atoms with E-state index in [1.807, 2.05) is 0 Å². The van der Waals surface area contributed by atoms with E-state index in [0.29, 0.717) is 6.20 Å². The first-order valence-corrected chi connectivity index (χ1v) is 6.15. The molecule has 2 N–H and O–H groups in total. The number of aromatic nitrogens is 1. The van der Waals surface area contributed by atoms with E-state index in [0.717, 1.165) is 7.11 Å². The van der Waals surface area contributed by atoms with Crippen molar-refractivity contribution in [3.8, 4) is 5.75 Å². The zero-order valence-electron chi connectivity index (χ0n) is 7.95. The van der Waals surface area contributed by atoms with E-state index in [2.05, 4.69) is 9.72 Å². The third-order valence-electron chi connectivity index (χ3n) is 1.73. The van der Waals surface area contributed by atoms with E-state index in [-0.39, 0.29) is 0 Å². The average molecular weight is 273 g/mol. The number of halogens is 3. The van der Waals surface area contributed by atoms with Crippen molar-refractivity contribution in [1.29, 1.82) is 0 Å².